The highest BCUT2D eigenvalue weighted by atomic mass is 16.5. The number of aromatic nitrogens is 2. The third-order valence-electron chi connectivity index (χ3n) is 3.77. The summed E-state index contributed by atoms with van der Waals surface area (Å²) in [4.78, 5) is 6.80. The lowest BCUT2D eigenvalue weighted by Crippen LogP contribution is -2.36. The molecular formula is C13H23N3O2. The predicted octanol–water partition coefficient (Wildman–Crippen LogP) is 1.79. The van der Waals surface area contributed by atoms with E-state index in [9.17, 15) is 0 Å². The standard InChI is InChI=1S/C13H23N3O2/c1-3-4-12-14-13(18-15-12)10(2)16-7-5-11(9-17)6-8-16/h10-11,17H,3-9H2,1-2H3/t10-/m0/s1. The number of hydrogen-bond acceptors (Lipinski definition) is 5. The van der Waals surface area contributed by atoms with Crippen LogP contribution < -0.4 is 0 Å². The number of likely N-dealkylation sites (tertiary alicyclic amines) is 1. The number of aliphatic hydroxyl groups excluding tert-OH is 1. The van der Waals surface area contributed by atoms with Gasteiger partial charge in [0.2, 0.25) is 5.89 Å². The quantitative estimate of drug-likeness (QED) is 0.866. The van der Waals surface area contributed by atoms with Crippen molar-refractivity contribution in [2.24, 2.45) is 5.92 Å². The molecule has 0 radical (unpaired) electrons. The van der Waals surface area contributed by atoms with Crippen molar-refractivity contribution in [3.05, 3.63) is 11.7 Å². The lowest BCUT2D eigenvalue weighted by Gasteiger charge is -2.33. The summed E-state index contributed by atoms with van der Waals surface area (Å²) in [7, 11) is 0. The molecular weight excluding hydrogens is 230 g/mol. The van der Waals surface area contributed by atoms with Gasteiger partial charge < -0.3 is 9.63 Å². The first kappa shape index (κ1) is 13.5. The van der Waals surface area contributed by atoms with Gasteiger partial charge in [-0.1, -0.05) is 12.1 Å². The molecule has 0 aromatic carbocycles. The van der Waals surface area contributed by atoms with Crippen LogP contribution in [0.5, 0.6) is 0 Å². The predicted molar refractivity (Wildman–Crippen MR) is 68.1 cm³/mol. The zero-order valence-electron chi connectivity index (χ0n) is 11.3. The number of aliphatic hydroxyl groups is 1. The maximum atomic E-state index is 9.14. The molecule has 1 aliphatic heterocycles. The summed E-state index contributed by atoms with van der Waals surface area (Å²) >= 11 is 0. The molecule has 0 spiro atoms. The second-order valence-corrected chi connectivity index (χ2v) is 5.14. The fourth-order valence-corrected chi connectivity index (χ4v) is 2.44. The minimum absolute atomic E-state index is 0.183. The van der Waals surface area contributed by atoms with Gasteiger partial charge in [0.1, 0.15) is 0 Å². The Labute approximate surface area is 108 Å². The zero-order chi connectivity index (χ0) is 13.0. The molecule has 1 aromatic heterocycles. The summed E-state index contributed by atoms with van der Waals surface area (Å²) in [5.74, 6) is 2.00. The van der Waals surface area contributed by atoms with E-state index in [1.807, 2.05) is 0 Å². The minimum Gasteiger partial charge on any atom is -0.396 e. The van der Waals surface area contributed by atoms with Gasteiger partial charge in [-0.05, 0) is 45.2 Å². The Morgan fingerprint density at radius 1 is 1.44 bits per heavy atom. The average Bonchev–Trinajstić information content (AvgIpc) is 2.87. The van der Waals surface area contributed by atoms with E-state index >= 15 is 0 Å². The van der Waals surface area contributed by atoms with Crippen LogP contribution in [-0.4, -0.2) is 39.8 Å². The van der Waals surface area contributed by atoms with Gasteiger partial charge in [-0.15, -0.1) is 0 Å². The van der Waals surface area contributed by atoms with Gasteiger partial charge >= 0.3 is 0 Å². The van der Waals surface area contributed by atoms with Gasteiger partial charge in [-0.25, -0.2) is 0 Å². The van der Waals surface area contributed by atoms with Crippen LogP contribution in [0.25, 0.3) is 0 Å². The Morgan fingerprint density at radius 2 is 2.17 bits per heavy atom. The van der Waals surface area contributed by atoms with E-state index in [1.165, 1.54) is 0 Å². The number of aryl methyl sites for hydroxylation is 1. The highest BCUT2D eigenvalue weighted by Gasteiger charge is 2.26. The van der Waals surface area contributed by atoms with Crippen molar-refractivity contribution < 1.29 is 9.63 Å². The van der Waals surface area contributed by atoms with Crippen molar-refractivity contribution in [1.82, 2.24) is 15.0 Å². The van der Waals surface area contributed by atoms with Crippen LogP contribution in [0, 0.1) is 5.92 Å². The lowest BCUT2D eigenvalue weighted by atomic mass is 9.97. The zero-order valence-corrected chi connectivity index (χ0v) is 11.3. The van der Waals surface area contributed by atoms with Gasteiger partial charge in [0, 0.05) is 13.0 Å². The second-order valence-electron chi connectivity index (χ2n) is 5.14. The highest BCUT2D eigenvalue weighted by molar-refractivity contribution is 4.93. The van der Waals surface area contributed by atoms with Crippen molar-refractivity contribution in [2.45, 2.75) is 45.6 Å². The molecule has 18 heavy (non-hydrogen) atoms. The first-order chi connectivity index (χ1) is 8.74. The molecule has 1 aromatic rings. The molecule has 0 amide bonds. The monoisotopic (exact) mass is 253 g/mol. The van der Waals surface area contributed by atoms with Gasteiger partial charge in [-0.3, -0.25) is 4.90 Å². The lowest BCUT2D eigenvalue weighted by molar-refractivity contribution is 0.0929. The molecule has 0 saturated carbocycles. The summed E-state index contributed by atoms with van der Waals surface area (Å²) in [5, 5.41) is 13.1. The largest absolute Gasteiger partial charge is 0.396 e. The van der Waals surface area contributed by atoms with Gasteiger partial charge in [0.25, 0.3) is 0 Å². The molecule has 2 rings (SSSR count). The smallest absolute Gasteiger partial charge is 0.243 e. The highest BCUT2D eigenvalue weighted by Crippen LogP contribution is 2.25. The van der Waals surface area contributed by atoms with Crippen LogP contribution in [0.4, 0.5) is 0 Å². The van der Waals surface area contributed by atoms with Crippen molar-refractivity contribution in [2.75, 3.05) is 19.7 Å². The van der Waals surface area contributed by atoms with Crippen LogP contribution in [0.15, 0.2) is 4.52 Å². The van der Waals surface area contributed by atoms with E-state index in [1.54, 1.807) is 0 Å². The Hall–Kier alpha value is -0.940. The summed E-state index contributed by atoms with van der Waals surface area (Å²) in [5.41, 5.74) is 0. The van der Waals surface area contributed by atoms with Crippen LogP contribution in [0.3, 0.4) is 0 Å². The third kappa shape index (κ3) is 3.09. The van der Waals surface area contributed by atoms with E-state index in [2.05, 4.69) is 28.9 Å². The fraction of sp³-hybridized carbons (Fsp3) is 0.846. The molecule has 1 aliphatic rings. The molecule has 0 aliphatic carbocycles. The van der Waals surface area contributed by atoms with E-state index in [0.29, 0.717) is 12.5 Å². The molecule has 2 heterocycles. The molecule has 1 atom stereocenters. The van der Waals surface area contributed by atoms with Crippen LogP contribution in [-0.2, 0) is 6.42 Å². The van der Waals surface area contributed by atoms with Crippen LogP contribution >= 0.6 is 0 Å². The first-order valence-corrected chi connectivity index (χ1v) is 6.92. The molecule has 5 heteroatoms. The summed E-state index contributed by atoms with van der Waals surface area (Å²) in [6.45, 7) is 6.53. The molecule has 1 saturated heterocycles. The Bertz CT molecular complexity index is 359. The van der Waals surface area contributed by atoms with E-state index in [0.717, 1.165) is 50.5 Å². The maximum Gasteiger partial charge on any atom is 0.243 e. The number of hydrogen-bond donors (Lipinski definition) is 1. The van der Waals surface area contributed by atoms with Crippen molar-refractivity contribution in [1.29, 1.82) is 0 Å². The van der Waals surface area contributed by atoms with Crippen molar-refractivity contribution in [3.8, 4) is 0 Å². The van der Waals surface area contributed by atoms with Gasteiger partial charge in [-0.2, -0.15) is 4.98 Å². The van der Waals surface area contributed by atoms with Gasteiger partial charge in [0.05, 0.1) is 6.04 Å². The van der Waals surface area contributed by atoms with Crippen LogP contribution in [0.1, 0.15) is 50.9 Å². The number of nitrogens with zero attached hydrogens (tertiary/aromatic N) is 3. The van der Waals surface area contributed by atoms with Crippen LogP contribution in [0.2, 0.25) is 0 Å². The minimum atomic E-state index is 0.183. The molecule has 0 unspecified atom stereocenters. The van der Waals surface area contributed by atoms with Crippen molar-refractivity contribution in [3.63, 3.8) is 0 Å². The average molecular weight is 253 g/mol. The molecule has 1 fully saturated rings. The summed E-state index contributed by atoms with van der Waals surface area (Å²) < 4.78 is 5.33. The van der Waals surface area contributed by atoms with Gasteiger partial charge in [0.15, 0.2) is 5.82 Å². The molecule has 1 N–H and O–H groups in total. The maximum absolute atomic E-state index is 9.14. The SMILES string of the molecule is CCCc1noc([C@H](C)N2CCC(CO)CC2)n1. The third-order valence-corrected chi connectivity index (χ3v) is 3.77. The normalized spacial score (nSPS) is 20.2. The van der Waals surface area contributed by atoms with E-state index in [4.69, 9.17) is 9.63 Å². The first-order valence-electron chi connectivity index (χ1n) is 6.92. The van der Waals surface area contributed by atoms with E-state index in [-0.39, 0.29) is 6.04 Å². The summed E-state index contributed by atoms with van der Waals surface area (Å²) in [6, 6.07) is 0.183. The van der Waals surface area contributed by atoms with E-state index < -0.39 is 0 Å². The molecule has 0 bridgehead atoms. The molecule has 102 valence electrons. The van der Waals surface area contributed by atoms with Crippen molar-refractivity contribution >= 4 is 0 Å². The topological polar surface area (TPSA) is 62.4 Å². The Balaban J connectivity index is 1.92. The fourth-order valence-electron chi connectivity index (χ4n) is 2.44. The molecule has 5 nitrogen and oxygen atoms in total. The summed E-state index contributed by atoms with van der Waals surface area (Å²) in [6.07, 6.45) is 4.02. The second kappa shape index (κ2) is 6.29. The number of rotatable bonds is 5. The Morgan fingerprint density at radius 3 is 2.78 bits per heavy atom. The Kier molecular flexibility index (Phi) is 4.72. The number of piperidine rings is 1.